The quantitative estimate of drug-likeness (QED) is 0.821. The molecule has 0 bridgehead atoms. The molecule has 4 heteroatoms. The Kier molecular flexibility index (Phi) is 3.40. The molecule has 15 heavy (non-hydrogen) atoms. The number of aromatic nitrogens is 1. The molecule has 82 valence electrons. The Morgan fingerprint density at radius 3 is 2.80 bits per heavy atom. The number of anilines is 1. The highest BCUT2D eigenvalue weighted by molar-refractivity contribution is 5.35. The minimum Gasteiger partial charge on any atom is -0.481 e. The van der Waals surface area contributed by atoms with Crippen LogP contribution in [0.5, 0.6) is 5.88 Å². The first-order chi connectivity index (χ1) is 7.38. The van der Waals surface area contributed by atoms with E-state index in [0.29, 0.717) is 5.88 Å². The third-order valence-corrected chi connectivity index (χ3v) is 2.56. The van der Waals surface area contributed by atoms with Gasteiger partial charge in [0.1, 0.15) is 5.82 Å². The van der Waals surface area contributed by atoms with Crippen LogP contribution < -0.4 is 10.2 Å². The van der Waals surface area contributed by atoms with E-state index >= 15 is 0 Å². The predicted octanol–water partition coefficient (Wildman–Crippen LogP) is 1.90. The normalized spacial score (nSPS) is 17.4. The lowest BCUT2D eigenvalue weighted by Gasteiger charge is -2.27. The van der Waals surface area contributed by atoms with E-state index in [1.54, 1.807) is 7.11 Å². The molecule has 1 fully saturated rings. The van der Waals surface area contributed by atoms with Crippen molar-refractivity contribution in [2.45, 2.75) is 19.3 Å². The third-order valence-electron chi connectivity index (χ3n) is 2.56. The molecule has 0 radical (unpaired) electrons. The minimum atomic E-state index is 0.650. The Labute approximate surface area is 90.2 Å². The van der Waals surface area contributed by atoms with Crippen molar-refractivity contribution in [2.24, 2.45) is 0 Å². The van der Waals surface area contributed by atoms with Gasteiger partial charge in [0.05, 0.1) is 7.11 Å². The third kappa shape index (κ3) is 2.83. The zero-order chi connectivity index (χ0) is 10.5. The second-order valence-corrected chi connectivity index (χ2v) is 3.72. The van der Waals surface area contributed by atoms with Crippen molar-refractivity contribution < 1.29 is 4.74 Å². The van der Waals surface area contributed by atoms with Crippen molar-refractivity contribution in [1.29, 1.82) is 0 Å². The first kappa shape index (κ1) is 10.2. The molecule has 4 nitrogen and oxygen atoms in total. The average Bonchev–Trinajstić information content (AvgIpc) is 2.31. The lowest BCUT2D eigenvalue weighted by atomic mass is 10.2. The van der Waals surface area contributed by atoms with Crippen LogP contribution in [-0.2, 0) is 0 Å². The van der Waals surface area contributed by atoms with Crippen LogP contribution in [0, 0.1) is 0 Å². The van der Waals surface area contributed by atoms with Crippen LogP contribution in [0.1, 0.15) is 19.3 Å². The summed E-state index contributed by atoms with van der Waals surface area (Å²) in [7, 11) is 1.63. The number of rotatable bonds is 3. The van der Waals surface area contributed by atoms with Crippen LogP contribution in [0.3, 0.4) is 0 Å². The maximum Gasteiger partial charge on any atom is 0.214 e. The van der Waals surface area contributed by atoms with Crippen LogP contribution in [0.2, 0.25) is 0 Å². The van der Waals surface area contributed by atoms with E-state index in [9.17, 15) is 0 Å². The van der Waals surface area contributed by atoms with Gasteiger partial charge < -0.3 is 10.2 Å². The van der Waals surface area contributed by atoms with Crippen molar-refractivity contribution in [3.05, 3.63) is 18.2 Å². The van der Waals surface area contributed by atoms with Crippen molar-refractivity contribution in [2.75, 3.05) is 25.6 Å². The molecule has 1 aliphatic heterocycles. The molecule has 0 spiro atoms. The summed E-state index contributed by atoms with van der Waals surface area (Å²) in [5.41, 5.74) is 3.30. The van der Waals surface area contributed by atoms with Gasteiger partial charge in [0, 0.05) is 19.2 Å². The molecular weight excluding hydrogens is 190 g/mol. The van der Waals surface area contributed by atoms with Gasteiger partial charge in [-0.05, 0) is 18.9 Å². The smallest absolute Gasteiger partial charge is 0.214 e. The number of hydrogen-bond donors (Lipinski definition) is 1. The van der Waals surface area contributed by atoms with Crippen LogP contribution in [-0.4, -0.2) is 30.2 Å². The standard InChI is InChI=1S/C11H17N3O/c1-15-11-7-5-6-10(12-11)13-14-8-3-2-4-9-14/h5-7H,2-4,8-9H2,1H3,(H,12,13). The van der Waals surface area contributed by atoms with E-state index in [1.807, 2.05) is 18.2 Å². The molecule has 0 aliphatic carbocycles. The summed E-state index contributed by atoms with van der Waals surface area (Å²) < 4.78 is 5.07. The van der Waals surface area contributed by atoms with Crippen LogP contribution in [0.15, 0.2) is 18.2 Å². The van der Waals surface area contributed by atoms with E-state index in [-0.39, 0.29) is 0 Å². The van der Waals surface area contributed by atoms with E-state index < -0.39 is 0 Å². The Morgan fingerprint density at radius 1 is 1.27 bits per heavy atom. The summed E-state index contributed by atoms with van der Waals surface area (Å²) in [4.78, 5) is 4.31. The first-order valence-electron chi connectivity index (χ1n) is 5.41. The van der Waals surface area contributed by atoms with Crippen molar-refractivity contribution in [3.63, 3.8) is 0 Å². The van der Waals surface area contributed by atoms with Crippen LogP contribution >= 0.6 is 0 Å². The van der Waals surface area contributed by atoms with Gasteiger partial charge in [-0.2, -0.15) is 4.98 Å². The Morgan fingerprint density at radius 2 is 2.07 bits per heavy atom. The number of piperidine rings is 1. The average molecular weight is 207 g/mol. The Hall–Kier alpha value is -1.29. The summed E-state index contributed by atoms with van der Waals surface area (Å²) in [6.45, 7) is 2.19. The second-order valence-electron chi connectivity index (χ2n) is 3.72. The number of hydrogen-bond acceptors (Lipinski definition) is 4. The topological polar surface area (TPSA) is 37.4 Å². The summed E-state index contributed by atoms with van der Waals surface area (Å²) in [6.07, 6.45) is 3.86. The largest absolute Gasteiger partial charge is 0.481 e. The van der Waals surface area contributed by atoms with Gasteiger partial charge in [-0.3, -0.25) is 0 Å². The Balaban J connectivity index is 1.96. The minimum absolute atomic E-state index is 0.650. The monoisotopic (exact) mass is 207 g/mol. The van der Waals surface area contributed by atoms with E-state index in [0.717, 1.165) is 18.9 Å². The molecule has 1 saturated heterocycles. The number of nitrogens with zero attached hydrogens (tertiary/aromatic N) is 2. The molecular formula is C11H17N3O. The van der Waals surface area contributed by atoms with Gasteiger partial charge >= 0.3 is 0 Å². The fourth-order valence-electron chi connectivity index (χ4n) is 1.76. The molecule has 0 unspecified atom stereocenters. The summed E-state index contributed by atoms with van der Waals surface area (Å²) in [6, 6.07) is 5.75. The molecule has 1 aromatic heterocycles. The summed E-state index contributed by atoms with van der Waals surface area (Å²) in [5, 5.41) is 2.21. The molecule has 2 rings (SSSR count). The summed E-state index contributed by atoms with van der Waals surface area (Å²) in [5.74, 6) is 1.51. The molecule has 1 aromatic rings. The maximum atomic E-state index is 5.07. The lowest BCUT2D eigenvalue weighted by molar-refractivity contribution is 0.271. The second kappa shape index (κ2) is 4.98. The molecule has 0 atom stereocenters. The molecule has 2 heterocycles. The zero-order valence-corrected chi connectivity index (χ0v) is 9.07. The fourth-order valence-corrected chi connectivity index (χ4v) is 1.76. The maximum absolute atomic E-state index is 5.07. The number of nitrogens with one attached hydrogen (secondary N) is 1. The SMILES string of the molecule is COc1cccc(NN2CCCCC2)n1. The van der Waals surface area contributed by atoms with Gasteiger partial charge in [-0.25, -0.2) is 5.01 Å². The molecule has 1 aliphatic rings. The molecule has 1 N–H and O–H groups in total. The van der Waals surface area contributed by atoms with Gasteiger partial charge in [0.2, 0.25) is 5.88 Å². The number of pyridine rings is 1. The molecule has 0 saturated carbocycles. The van der Waals surface area contributed by atoms with Gasteiger partial charge in [-0.1, -0.05) is 12.5 Å². The predicted molar refractivity (Wildman–Crippen MR) is 59.8 cm³/mol. The van der Waals surface area contributed by atoms with Crippen molar-refractivity contribution in [1.82, 2.24) is 9.99 Å². The number of hydrazine groups is 1. The van der Waals surface area contributed by atoms with E-state index in [2.05, 4.69) is 15.4 Å². The highest BCUT2D eigenvalue weighted by Crippen LogP contribution is 2.14. The highest BCUT2D eigenvalue weighted by atomic mass is 16.5. The molecule has 0 amide bonds. The molecule has 0 aromatic carbocycles. The lowest BCUT2D eigenvalue weighted by Crippen LogP contribution is -2.35. The van der Waals surface area contributed by atoms with Gasteiger partial charge in [-0.15, -0.1) is 0 Å². The first-order valence-corrected chi connectivity index (χ1v) is 5.41. The van der Waals surface area contributed by atoms with Gasteiger partial charge in [0.15, 0.2) is 0 Å². The zero-order valence-electron chi connectivity index (χ0n) is 9.07. The Bertz CT molecular complexity index is 310. The van der Waals surface area contributed by atoms with Gasteiger partial charge in [0.25, 0.3) is 0 Å². The van der Waals surface area contributed by atoms with E-state index in [4.69, 9.17) is 4.74 Å². The number of ether oxygens (including phenoxy) is 1. The van der Waals surface area contributed by atoms with Crippen molar-refractivity contribution >= 4 is 5.82 Å². The van der Waals surface area contributed by atoms with Crippen molar-refractivity contribution in [3.8, 4) is 5.88 Å². The van der Waals surface area contributed by atoms with E-state index in [1.165, 1.54) is 19.3 Å². The number of methoxy groups -OCH3 is 1. The highest BCUT2D eigenvalue weighted by Gasteiger charge is 2.10. The fraction of sp³-hybridized carbons (Fsp3) is 0.545. The van der Waals surface area contributed by atoms with Crippen LogP contribution in [0.4, 0.5) is 5.82 Å². The van der Waals surface area contributed by atoms with Crippen LogP contribution in [0.25, 0.3) is 0 Å². The summed E-state index contributed by atoms with van der Waals surface area (Å²) >= 11 is 0.